The van der Waals surface area contributed by atoms with Crippen LogP contribution in [0.15, 0.2) is 0 Å². The third-order valence-corrected chi connectivity index (χ3v) is 3.13. The number of hydrogen-bond donors (Lipinski definition) is 3. The van der Waals surface area contributed by atoms with Crippen LogP contribution in [0.1, 0.15) is 6.42 Å². The monoisotopic (exact) mass is 198 g/mol. The van der Waals surface area contributed by atoms with Gasteiger partial charge >= 0.3 is 0 Å². The maximum Gasteiger partial charge on any atom is 0.0205 e. The molecule has 2 aliphatic heterocycles. The van der Waals surface area contributed by atoms with Gasteiger partial charge in [-0.15, -0.1) is 0 Å². The summed E-state index contributed by atoms with van der Waals surface area (Å²) >= 11 is 0. The molecule has 0 aromatic heterocycles. The number of nitrogens with one attached hydrogen (secondary N) is 3. The average molecular weight is 198 g/mol. The van der Waals surface area contributed by atoms with Crippen molar-refractivity contribution in [2.24, 2.45) is 0 Å². The summed E-state index contributed by atoms with van der Waals surface area (Å²) in [6.07, 6.45) is 1.28. The van der Waals surface area contributed by atoms with E-state index in [2.05, 4.69) is 20.9 Å². The highest BCUT2D eigenvalue weighted by Gasteiger charge is 2.14. The van der Waals surface area contributed by atoms with Gasteiger partial charge in [0, 0.05) is 51.9 Å². The van der Waals surface area contributed by atoms with Crippen molar-refractivity contribution in [3.8, 4) is 0 Å². The van der Waals surface area contributed by atoms with Gasteiger partial charge in [-0.25, -0.2) is 0 Å². The molecule has 0 saturated carbocycles. The van der Waals surface area contributed by atoms with Crippen molar-refractivity contribution in [1.82, 2.24) is 20.9 Å². The van der Waals surface area contributed by atoms with Crippen LogP contribution < -0.4 is 16.0 Å². The minimum absolute atomic E-state index is 0.693. The second-order valence-corrected chi connectivity index (χ2v) is 4.24. The number of piperazine rings is 2. The minimum Gasteiger partial charge on any atom is -0.314 e. The summed E-state index contributed by atoms with van der Waals surface area (Å²) < 4.78 is 0. The van der Waals surface area contributed by atoms with E-state index in [0.717, 1.165) is 32.7 Å². The second-order valence-electron chi connectivity index (χ2n) is 4.24. The molecule has 2 saturated heterocycles. The summed E-state index contributed by atoms with van der Waals surface area (Å²) in [7, 11) is 0. The fraction of sp³-hybridized carbons (Fsp3) is 1.00. The van der Waals surface area contributed by atoms with Gasteiger partial charge in [-0.1, -0.05) is 0 Å². The molecule has 4 nitrogen and oxygen atoms in total. The zero-order valence-corrected chi connectivity index (χ0v) is 8.89. The molecular weight excluding hydrogens is 176 g/mol. The van der Waals surface area contributed by atoms with E-state index < -0.39 is 0 Å². The maximum atomic E-state index is 3.55. The molecule has 2 heterocycles. The topological polar surface area (TPSA) is 39.3 Å². The Morgan fingerprint density at radius 3 is 2.57 bits per heavy atom. The molecule has 0 radical (unpaired) electrons. The molecule has 14 heavy (non-hydrogen) atoms. The van der Waals surface area contributed by atoms with Gasteiger partial charge in [-0.3, -0.25) is 0 Å². The van der Waals surface area contributed by atoms with Gasteiger partial charge in [-0.2, -0.15) is 0 Å². The molecule has 2 fully saturated rings. The number of rotatable bonds is 3. The zero-order valence-electron chi connectivity index (χ0n) is 8.89. The molecule has 2 rings (SSSR count). The number of hydrogen-bond acceptors (Lipinski definition) is 4. The Morgan fingerprint density at radius 2 is 1.86 bits per heavy atom. The number of nitrogens with zero attached hydrogens (tertiary/aromatic N) is 1. The molecule has 2 aliphatic rings. The van der Waals surface area contributed by atoms with Crippen LogP contribution in [0.5, 0.6) is 0 Å². The maximum absolute atomic E-state index is 3.55. The van der Waals surface area contributed by atoms with Crippen molar-refractivity contribution >= 4 is 0 Å². The van der Waals surface area contributed by atoms with Crippen LogP contribution in [0.2, 0.25) is 0 Å². The molecule has 0 amide bonds. The summed E-state index contributed by atoms with van der Waals surface area (Å²) in [5.41, 5.74) is 0. The van der Waals surface area contributed by atoms with E-state index in [9.17, 15) is 0 Å². The summed E-state index contributed by atoms with van der Waals surface area (Å²) in [6.45, 7) is 9.43. The molecule has 0 bridgehead atoms. The summed E-state index contributed by atoms with van der Waals surface area (Å²) in [6, 6.07) is 0.693. The first kappa shape index (κ1) is 10.4. The van der Waals surface area contributed by atoms with Crippen LogP contribution in [0.25, 0.3) is 0 Å². The van der Waals surface area contributed by atoms with E-state index in [4.69, 9.17) is 0 Å². The minimum atomic E-state index is 0.693. The van der Waals surface area contributed by atoms with Gasteiger partial charge in [0.15, 0.2) is 0 Å². The molecule has 1 atom stereocenters. The van der Waals surface area contributed by atoms with Gasteiger partial charge in [0.25, 0.3) is 0 Å². The van der Waals surface area contributed by atoms with Gasteiger partial charge in [-0.05, 0) is 13.0 Å². The zero-order chi connectivity index (χ0) is 9.64. The Morgan fingerprint density at radius 1 is 1.00 bits per heavy atom. The van der Waals surface area contributed by atoms with Crippen molar-refractivity contribution in [2.45, 2.75) is 12.5 Å². The standard InChI is InChI=1S/C10H22N4/c1(10-9-12-2-3-13-10)6-14-7-4-11-5-8-14/h10-13H,1-9H2. The van der Waals surface area contributed by atoms with Crippen molar-refractivity contribution in [3.05, 3.63) is 0 Å². The molecule has 1 unspecified atom stereocenters. The predicted molar refractivity (Wildman–Crippen MR) is 58.6 cm³/mol. The van der Waals surface area contributed by atoms with Crippen LogP contribution in [-0.4, -0.2) is 63.3 Å². The molecule has 82 valence electrons. The van der Waals surface area contributed by atoms with Gasteiger partial charge < -0.3 is 20.9 Å². The van der Waals surface area contributed by atoms with Gasteiger partial charge in [0.05, 0.1) is 0 Å². The van der Waals surface area contributed by atoms with Crippen LogP contribution in [0.3, 0.4) is 0 Å². The first-order chi connectivity index (χ1) is 6.95. The van der Waals surface area contributed by atoms with Crippen molar-refractivity contribution in [2.75, 3.05) is 52.4 Å². The summed E-state index contributed by atoms with van der Waals surface area (Å²) in [5, 5.41) is 10.4. The fourth-order valence-corrected chi connectivity index (χ4v) is 2.19. The Labute approximate surface area is 86.4 Å². The second kappa shape index (κ2) is 5.66. The molecule has 4 heteroatoms. The third-order valence-electron chi connectivity index (χ3n) is 3.13. The lowest BCUT2D eigenvalue weighted by Gasteiger charge is -2.30. The third kappa shape index (κ3) is 3.20. The van der Waals surface area contributed by atoms with Crippen LogP contribution in [-0.2, 0) is 0 Å². The Kier molecular flexibility index (Phi) is 4.19. The van der Waals surface area contributed by atoms with E-state index in [1.807, 2.05) is 0 Å². The van der Waals surface area contributed by atoms with Crippen LogP contribution in [0.4, 0.5) is 0 Å². The highest BCUT2D eigenvalue weighted by atomic mass is 15.2. The van der Waals surface area contributed by atoms with E-state index >= 15 is 0 Å². The fourth-order valence-electron chi connectivity index (χ4n) is 2.19. The summed E-state index contributed by atoms with van der Waals surface area (Å²) in [4.78, 5) is 2.56. The lowest BCUT2D eigenvalue weighted by molar-refractivity contribution is 0.223. The van der Waals surface area contributed by atoms with Crippen molar-refractivity contribution < 1.29 is 0 Å². The molecule has 0 spiro atoms. The quantitative estimate of drug-likeness (QED) is 0.535. The van der Waals surface area contributed by atoms with Crippen LogP contribution in [0, 0.1) is 0 Å². The van der Waals surface area contributed by atoms with E-state index in [0.29, 0.717) is 6.04 Å². The molecule has 0 aromatic rings. The smallest absolute Gasteiger partial charge is 0.0205 e. The van der Waals surface area contributed by atoms with E-state index in [1.165, 1.54) is 26.1 Å². The molecule has 3 N–H and O–H groups in total. The normalized spacial score (nSPS) is 30.4. The lowest BCUT2D eigenvalue weighted by atomic mass is 10.1. The average Bonchev–Trinajstić information content (AvgIpc) is 2.29. The first-order valence-electron chi connectivity index (χ1n) is 5.82. The Balaban J connectivity index is 1.60. The molecule has 0 aliphatic carbocycles. The van der Waals surface area contributed by atoms with Gasteiger partial charge in [0.2, 0.25) is 0 Å². The van der Waals surface area contributed by atoms with E-state index in [-0.39, 0.29) is 0 Å². The molecule has 0 aromatic carbocycles. The van der Waals surface area contributed by atoms with Crippen molar-refractivity contribution in [3.63, 3.8) is 0 Å². The van der Waals surface area contributed by atoms with Gasteiger partial charge in [0.1, 0.15) is 0 Å². The predicted octanol–water partition coefficient (Wildman–Crippen LogP) is -1.16. The SMILES string of the molecule is C1CN(CCC2CNCCN2)CCN1. The van der Waals surface area contributed by atoms with Crippen LogP contribution >= 0.6 is 0 Å². The molecular formula is C10H22N4. The Hall–Kier alpha value is -0.160. The summed E-state index contributed by atoms with van der Waals surface area (Å²) in [5.74, 6) is 0. The lowest BCUT2D eigenvalue weighted by Crippen LogP contribution is -2.50. The van der Waals surface area contributed by atoms with E-state index in [1.54, 1.807) is 0 Å². The van der Waals surface area contributed by atoms with Crippen molar-refractivity contribution in [1.29, 1.82) is 0 Å². The largest absolute Gasteiger partial charge is 0.314 e. The highest BCUT2D eigenvalue weighted by molar-refractivity contribution is 4.77. The first-order valence-corrected chi connectivity index (χ1v) is 5.82. The highest BCUT2D eigenvalue weighted by Crippen LogP contribution is 1.99. The Bertz CT molecular complexity index is 132.